The quantitative estimate of drug-likeness (QED) is 0.502. The number of aromatic nitrogens is 4. The van der Waals surface area contributed by atoms with Gasteiger partial charge >= 0.3 is 6.18 Å². The van der Waals surface area contributed by atoms with E-state index >= 15 is 0 Å². The molecule has 148 valence electrons. The van der Waals surface area contributed by atoms with Crippen molar-refractivity contribution in [3.63, 3.8) is 0 Å². The predicted molar refractivity (Wildman–Crippen MR) is 102 cm³/mol. The number of benzene rings is 2. The molecular weight excluding hydrogens is 403 g/mol. The zero-order chi connectivity index (χ0) is 20.4. The van der Waals surface area contributed by atoms with Crippen LogP contribution < -0.4 is 5.32 Å². The lowest BCUT2D eigenvalue weighted by Gasteiger charge is -2.08. The summed E-state index contributed by atoms with van der Waals surface area (Å²) in [4.78, 5) is 20.8. The van der Waals surface area contributed by atoms with Crippen LogP contribution in [0.15, 0.2) is 60.0 Å². The molecule has 29 heavy (non-hydrogen) atoms. The Bertz CT molecular complexity index is 1170. The lowest BCUT2D eigenvalue weighted by atomic mass is 10.1. The molecule has 2 aromatic heterocycles. The van der Waals surface area contributed by atoms with Crippen LogP contribution >= 0.6 is 11.8 Å². The first-order chi connectivity index (χ1) is 13.9. The van der Waals surface area contributed by atoms with Gasteiger partial charge in [-0.2, -0.15) is 13.2 Å². The fraction of sp³-hybridized carbons (Fsp3) is 0.158. The van der Waals surface area contributed by atoms with Crippen LogP contribution in [0.1, 0.15) is 11.1 Å². The largest absolute Gasteiger partial charge is 0.416 e. The van der Waals surface area contributed by atoms with Crippen molar-refractivity contribution in [1.82, 2.24) is 24.9 Å². The van der Waals surface area contributed by atoms with E-state index in [1.165, 1.54) is 23.9 Å². The van der Waals surface area contributed by atoms with Crippen molar-refractivity contribution in [2.24, 2.45) is 0 Å². The Morgan fingerprint density at radius 2 is 1.86 bits per heavy atom. The number of carbonyl (C=O) groups excluding carboxylic acids is 1. The third kappa shape index (κ3) is 4.32. The van der Waals surface area contributed by atoms with E-state index < -0.39 is 11.7 Å². The van der Waals surface area contributed by atoms with E-state index in [2.05, 4.69) is 20.4 Å². The van der Waals surface area contributed by atoms with E-state index in [0.29, 0.717) is 16.4 Å². The maximum atomic E-state index is 12.6. The number of amides is 1. The van der Waals surface area contributed by atoms with Crippen molar-refractivity contribution < 1.29 is 18.0 Å². The summed E-state index contributed by atoms with van der Waals surface area (Å²) in [5.74, 6) is -0.181. The molecule has 1 N–H and O–H groups in total. The number of hydrogen-bond acceptors (Lipinski definition) is 5. The fourth-order valence-electron chi connectivity index (χ4n) is 2.71. The second-order valence-electron chi connectivity index (χ2n) is 6.18. The minimum Gasteiger partial charge on any atom is -0.351 e. The van der Waals surface area contributed by atoms with Crippen LogP contribution in [0.4, 0.5) is 13.2 Å². The first-order valence-corrected chi connectivity index (χ1v) is 9.54. The van der Waals surface area contributed by atoms with Crippen molar-refractivity contribution >= 4 is 34.2 Å². The third-order valence-electron chi connectivity index (χ3n) is 4.17. The molecule has 0 aliphatic carbocycles. The summed E-state index contributed by atoms with van der Waals surface area (Å²) >= 11 is 1.17. The summed E-state index contributed by atoms with van der Waals surface area (Å²) in [6.45, 7) is 0.144. The summed E-state index contributed by atoms with van der Waals surface area (Å²) < 4.78 is 39.3. The van der Waals surface area contributed by atoms with Gasteiger partial charge in [-0.1, -0.05) is 36.0 Å². The van der Waals surface area contributed by atoms with Gasteiger partial charge in [-0.3, -0.25) is 4.79 Å². The molecule has 0 spiro atoms. The van der Waals surface area contributed by atoms with Crippen LogP contribution in [0, 0.1) is 0 Å². The van der Waals surface area contributed by atoms with E-state index in [1.54, 1.807) is 10.8 Å². The summed E-state index contributed by atoms with van der Waals surface area (Å²) in [5, 5.41) is 8.28. The van der Waals surface area contributed by atoms with Gasteiger partial charge in [-0.05, 0) is 29.8 Å². The number of carbonyl (C=O) groups is 1. The molecule has 6 nitrogen and oxygen atoms in total. The van der Waals surface area contributed by atoms with E-state index in [0.717, 1.165) is 23.0 Å². The van der Waals surface area contributed by atoms with Crippen LogP contribution in [-0.4, -0.2) is 31.2 Å². The Morgan fingerprint density at radius 3 is 2.62 bits per heavy atom. The Morgan fingerprint density at radius 1 is 1.10 bits per heavy atom. The number of rotatable bonds is 5. The number of halogens is 3. The Hall–Kier alpha value is -3.14. The maximum Gasteiger partial charge on any atom is 0.416 e. The smallest absolute Gasteiger partial charge is 0.351 e. The molecular formula is C19H14F3N5OS. The molecule has 0 atom stereocenters. The first kappa shape index (κ1) is 19.2. The number of hydrogen-bond donors (Lipinski definition) is 1. The molecule has 4 rings (SSSR count). The molecule has 0 bridgehead atoms. The highest BCUT2D eigenvalue weighted by Crippen LogP contribution is 2.29. The molecule has 0 aliphatic heterocycles. The van der Waals surface area contributed by atoms with Crippen molar-refractivity contribution in [3.8, 4) is 0 Å². The number of thioether (sulfide) groups is 1. The summed E-state index contributed by atoms with van der Waals surface area (Å²) in [6.07, 6.45) is -2.81. The summed E-state index contributed by atoms with van der Waals surface area (Å²) in [7, 11) is 0. The van der Waals surface area contributed by atoms with E-state index in [1.807, 2.05) is 24.3 Å². The third-order valence-corrected chi connectivity index (χ3v) is 5.00. The monoisotopic (exact) mass is 417 g/mol. The Balaban J connectivity index is 1.35. The van der Waals surface area contributed by atoms with Crippen LogP contribution in [-0.2, 0) is 17.5 Å². The molecule has 4 aromatic rings. The minimum atomic E-state index is -4.37. The second kappa shape index (κ2) is 7.70. The molecule has 0 saturated carbocycles. The van der Waals surface area contributed by atoms with Gasteiger partial charge in [-0.15, -0.1) is 5.10 Å². The molecule has 2 aromatic carbocycles. The number of nitrogens with one attached hydrogen (secondary N) is 1. The van der Waals surface area contributed by atoms with Gasteiger partial charge in [0, 0.05) is 11.9 Å². The molecule has 2 heterocycles. The van der Waals surface area contributed by atoms with Crippen molar-refractivity contribution in [2.75, 3.05) is 5.75 Å². The van der Waals surface area contributed by atoms with E-state index in [-0.39, 0.29) is 18.2 Å². The molecule has 1 amide bonds. The minimum absolute atomic E-state index is 0.0862. The van der Waals surface area contributed by atoms with E-state index in [9.17, 15) is 18.0 Å². The number of nitrogens with zero attached hydrogens (tertiary/aromatic N) is 4. The van der Waals surface area contributed by atoms with Gasteiger partial charge in [-0.25, -0.2) is 14.5 Å². The molecule has 0 saturated heterocycles. The average molecular weight is 417 g/mol. The normalized spacial score (nSPS) is 11.8. The average Bonchev–Trinajstić information content (AvgIpc) is 3.14. The Labute approximate surface area is 167 Å². The molecule has 0 radical (unpaired) electrons. The molecule has 10 heteroatoms. The highest BCUT2D eigenvalue weighted by atomic mass is 32.2. The zero-order valence-corrected chi connectivity index (χ0v) is 15.7. The molecule has 0 aliphatic rings. The van der Waals surface area contributed by atoms with Crippen LogP contribution in [0.3, 0.4) is 0 Å². The van der Waals surface area contributed by atoms with Crippen molar-refractivity contribution in [2.45, 2.75) is 17.9 Å². The number of para-hydroxylation sites is 1. The summed E-state index contributed by atoms with van der Waals surface area (Å²) in [6, 6.07) is 12.2. The second-order valence-corrected chi connectivity index (χ2v) is 7.13. The SMILES string of the molecule is O=C(CSc1nc2c3ccccc3ncn2n1)NCc1ccc(C(F)(F)F)cc1. The van der Waals surface area contributed by atoms with Crippen LogP contribution in [0.25, 0.3) is 16.6 Å². The lowest BCUT2D eigenvalue weighted by molar-refractivity contribution is -0.137. The predicted octanol–water partition coefficient (Wildman–Crippen LogP) is 3.70. The topological polar surface area (TPSA) is 72.2 Å². The van der Waals surface area contributed by atoms with Gasteiger partial charge in [0.2, 0.25) is 11.1 Å². The fourth-order valence-corrected chi connectivity index (χ4v) is 3.37. The Kier molecular flexibility index (Phi) is 5.10. The van der Waals surface area contributed by atoms with Crippen molar-refractivity contribution in [3.05, 3.63) is 66.0 Å². The lowest BCUT2D eigenvalue weighted by Crippen LogP contribution is -2.24. The van der Waals surface area contributed by atoms with Gasteiger partial charge in [0.1, 0.15) is 6.33 Å². The highest BCUT2D eigenvalue weighted by molar-refractivity contribution is 7.99. The molecule has 0 fully saturated rings. The number of fused-ring (bicyclic) bond motifs is 3. The van der Waals surface area contributed by atoms with Gasteiger partial charge in [0.25, 0.3) is 0 Å². The standard InChI is InChI=1S/C19H14F3N5OS/c20-19(21,22)13-7-5-12(6-8-13)9-23-16(28)10-29-18-25-17-14-3-1-2-4-15(14)24-11-27(17)26-18/h1-8,11H,9-10H2,(H,23,28). The van der Waals surface area contributed by atoms with Crippen LogP contribution in [0.2, 0.25) is 0 Å². The molecule has 0 unspecified atom stereocenters. The van der Waals surface area contributed by atoms with Gasteiger partial charge < -0.3 is 5.32 Å². The number of alkyl halides is 3. The van der Waals surface area contributed by atoms with E-state index in [4.69, 9.17) is 0 Å². The van der Waals surface area contributed by atoms with Gasteiger partial charge in [0.15, 0.2) is 5.65 Å². The zero-order valence-electron chi connectivity index (χ0n) is 14.8. The van der Waals surface area contributed by atoms with Gasteiger partial charge in [0.05, 0.1) is 16.8 Å². The highest BCUT2D eigenvalue weighted by Gasteiger charge is 2.29. The first-order valence-electron chi connectivity index (χ1n) is 8.56. The van der Waals surface area contributed by atoms with Crippen LogP contribution in [0.5, 0.6) is 0 Å². The maximum absolute atomic E-state index is 12.6. The summed E-state index contributed by atoms with van der Waals surface area (Å²) in [5.41, 5.74) is 1.32. The van der Waals surface area contributed by atoms with Crippen molar-refractivity contribution in [1.29, 1.82) is 0 Å².